The lowest BCUT2D eigenvalue weighted by molar-refractivity contribution is -0.120. The number of carbonyl (C=O) groups is 1. The molecule has 1 amide bonds. The van der Waals surface area contributed by atoms with Crippen LogP contribution >= 0.6 is 0 Å². The van der Waals surface area contributed by atoms with E-state index in [0.717, 1.165) is 4.57 Å². The average Bonchev–Trinajstić information content (AvgIpc) is 2.97. The molecule has 0 aliphatic rings. The Kier molecular flexibility index (Phi) is 3.55. The van der Waals surface area contributed by atoms with Crippen LogP contribution < -0.4 is 17.0 Å². The van der Waals surface area contributed by atoms with Crippen LogP contribution in [0.4, 0.5) is 4.39 Å². The fourth-order valence-corrected chi connectivity index (χ4v) is 2.67. The number of benzene rings is 1. The van der Waals surface area contributed by atoms with Gasteiger partial charge in [-0.05, 0) is 17.7 Å². The summed E-state index contributed by atoms with van der Waals surface area (Å²) >= 11 is 0. The molecule has 0 saturated heterocycles. The zero-order valence-electron chi connectivity index (χ0n) is 12.9. The summed E-state index contributed by atoms with van der Waals surface area (Å²) in [6.45, 7) is 0. The molecule has 0 radical (unpaired) electrons. The van der Waals surface area contributed by atoms with Gasteiger partial charge in [0.15, 0.2) is 11.2 Å². The highest BCUT2D eigenvalue weighted by Gasteiger charge is 2.25. The summed E-state index contributed by atoms with van der Waals surface area (Å²) in [5.74, 6) is -1.20. The van der Waals surface area contributed by atoms with Crippen LogP contribution in [0.25, 0.3) is 11.2 Å². The van der Waals surface area contributed by atoms with E-state index in [1.165, 1.54) is 53.8 Å². The molecule has 1 aromatic carbocycles. The van der Waals surface area contributed by atoms with E-state index in [0.29, 0.717) is 5.56 Å². The summed E-state index contributed by atoms with van der Waals surface area (Å²) in [6.07, 6.45) is 1.27. The summed E-state index contributed by atoms with van der Waals surface area (Å²) in [4.78, 5) is 40.5. The van der Waals surface area contributed by atoms with Crippen molar-refractivity contribution in [2.24, 2.45) is 19.8 Å². The van der Waals surface area contributed by atoms with Crippen LogP contribution in [0.3, 0.4) is 0 Å². The van der Waals surface area contributed by atoms with Gasteiger partial charge in [-0.1, -0.05) is 12.1 Å². The molecule has 3 aromatic rings. The maximum atomic E-state index is 13.1. The standard InChI is InChI=1S/C15H14FN5O3/c1-19-13-11(14(23)20(2)15(19)24)21(7-18-13)10(12(17)22)8-3-5-9(16)6-4-8/h3-7,10H,1-2H3,(H2,17,22). The third-order valence-corrected chi connectivity index (χ3v) is 3.91. The number of nitrogens with zero attached hydrogens (tertiary/aromatic N) is 4. The minimum atomic E-state index is -1.05. The van der Waals surface area contributed by atoms with Gasteiger partial charge in [-0.3, -0.25) is 18.7 Å². The van der Waals surface area contributed by atoms with Crippen molar-refractivity contribution in [3.05, 3.63) is 62.8 Å². The Morgan fingerprint density at radius 2 is 1.79 bits per heavy atom. The largest absolute Gasteiger partial charge is 0.368 e. The molecule has 0 saturated carbocycles. The summed E-state index contributed by atoms with van der Waals surface area (Å²) in [5.41, 5.74) is 4.96. The molecule has 0 bridgehead atoms. The number of aromatic nitrogens is 4. The smallest absolute Gasteiger partial charge is 0.332 e. The molecule has 9 heteroatoms. The summed E-state index contributed by atoms with van der Waals surface area (Å²) in [6, 6.07) is 4.14. The number of imidazole rings is 1. The van der Waals surface area contributed by atoms with Gasteiger partial charge in [-0.25, -0.2) is 14.2 Å². The molecule has 124 valence electrons. The molecule has 3 rings (SSSR count). The van der Waals surface area contributed by atoms with Gasteiger partial charge >= 0.3 is 5.69 Å². The summed E-state index contributed by atoms with van der Waals surface area (Å²) < 4.78 is 16.6. The van der Waals surface area contributed by atoms with Crippen LogP contribution in [-0.4, -0.2) is 24.6 Å². The van der Waals surface area contributed by atoms with Gasteiger partial charge in [0.05, 0.1) is 6.33 Å². The lowest BCUT2D eigenvalue weighted by Gasteiger charge is -2.16. The van der Waals surface area contributed by atoms with Gasteiger partial charge in [0.1, 0.15) is 11.9 Å². The third kappa shape index (κ3) is 2.21. The maximum Gasteiger partial charge on any atom is 0.332 e. The Labute approximate surface area is 134 Å². The molecule has 2 heterocycles. The second kappa shape index (κ2) is 5.44. The molecule has 8 nitrogen and oxygen atoms in total. The van der Waals surface area contributed by atoms with Crippen molar-refractivity contribution in [3.63, 3.8) is 0 Å². The van der Waals surface area contributed by atoms with Gasteiger partial charge in [0, 0.05) is 14.1 Å². The Bertz CT molecular complexity index is 1060. The highest BCUT2D eigenvalue weighted by Crippen LogP contribution is 2.21. The van der Waals surface area contributed by atoms with Crippen molar-refractivity contribution in [1.29, 1.82) is 0 Å². The second-order valence-electron chi connectivity index (χ2n) is 5.39. The molecular weight excluding hydrogens is 317 g/mol. The van der Waals surface area contributed by atoms with E-state index < -0.39 is 29.0 Å². The SMILES string of the molecule is Cn1c(=O)c2c(ncn2C(C(N)=O)c2ccc(F)cc2)n(C)c1=O. The zero-order chi connectivity index (χ0) is 17.6. The summed E-state index contributed by atoms with van der Waals surface area (Å²) in [7, 11) is 2.80. The Balaban J connectivity index is 2.35. The van der Waals surface area contributed by atoms with E-state index in [-0.39, 0.29) is 11.2 Å². The molecular formula is C15H14FN5O3. The van der Waals surface area contributed by atoms with Gasteiger partial charge < -0.3 is 10.3 Å². The van der Waals surface area contributed by atoms with Crippen LogP contribution in [0.15, 0.2) is 40.2 Å². The monoisotopic (exact) mass is 331 g/mol. The molecule has 0 aliphatic carbocycles. The number of rotatable bonds is 3. The van der Waals surface area contributed by atoms with Gasteiger partial charge in [-0.2, -0.15) is 0 Å². The number of halogens is 1. The molecule has 0 fully saturated rings. The minimum absolute atomic E-state index is 0.0627. The molecule has 1 unspecified atom stereocenters. The highest BCUT2D eigenvalue weighted by atomic mass is 19.1. The van der Waals surface area contributed by atoms with Crippen molar-refractivity contribution in [1.82, 2.24) is 18.7 Å². The lowest BCUT2D eigenvalue weighted by atomic mass is 10.1. The fourth-order valence-electron chi connectivity index (χ4n) is 2.67. The number of fused-ring (bicyclic) bond motifs is 1. The van der Waals surface area contributed by atoms with Crippen molar-refractivity contribution >= 4 is 17.1 Å². The predicted octanol–water partition coefficient (Wildman–Crippen LogP) is -0.353. The van der Waals surface area contributed by atoms with Crippen LogP contribution in [0.2, 0.25) is 0 Å². The van der Waals surface area contributed by atoms with E-state index >= 15 is 0 Å². The summed E-state index contributed by atoms with van der Waals surface area (Å²) in [5, 5.41) is 0. The molecule has 1 atom stereocenters. The Morgan fingerprint density at radius 3 is 2.38 bits per heavy atom. The minimum Gasteiger partial charge on any atom is -0.368 e. The molecule has 2 N–H and O–H groups in total. The molecule has 2 aromatic heterocycles. The van der Waals surface area contributed by atoms with Crippen molar-refractivity contribution in [2.75, 3.05) is 0 Å². The molecule has 0 aliphatic heterocycles. The Hall–Kier alpha value is -3.23. The first kappa shape index (κ1) is 15.7. The topological polar surface area (TPSA) is 105 Å². The maximum absolute atomic E-state index is 13.1. The number of carbonyl (C=O) groups excluding carboxylic acids is 1. The van der Waals surface area contributed by atoms with Gasteiger partial charge in [0.25, 0.3) is 5.56 Å². The van der Waals surface area contributed by atoms with E-state index in [1.807, 2.05) is 0 Å². The lowest BCUT2D eigenvalue weighted by Crippen LogP contribution is -2.38. The number of primary amides is 1. The second-order valence-corrected chi connectivity index (χ2v) is 5.39. The van der Waals surface area contributed by atoms with Gasteiger partial charge in [-0.15, -0.1) is 0 Å². The molecule has 0 spiro atoms. The number of amides is 1. The van der Waals surface area contributed by atoms with Crippen LogP contribution in [0, 0.1) is 5.82 Å². The fraction of sp³-hybridized carbons (Fsp3) is 0.200. The van der Waals surface area contributed by atoms with Crippen molar-refractivity contribution in [2.45, 2.75) is 6.04 Å². The highest BCUT2D eigenvalue weighted by molar-refractivity contribution is 5.84. The van der Waals surface area contributed by atoms with Crippen LogP contribution in [0.5, 0.6) is 0 Å². The van der Waals surface area contributed by atoms with Crippen LogP contribution in [0.1, 0.15) is 11.6 Å². The van der Waals surface area contributed by atoms with E-state index in [4.69, 9.17) is 5.73 Å². The van der Waals surface area contributed by atoms with E-state index in [9.17, 15) is 18.8 Å². The Morgan fingerprint density at radius 1 is 1.17 bits per heavy atom. The van der Waals surface area contributed by atoms with E-state index in [1.54, 1.807) is 0 Å². The number of hydrogen-bond acceptors (Lipinski definition) is 4. The van der Waals surface area contributed by atoms with Gasteiger partial charge in [0.2, 0.25) is 5.91 Å². The van der Waals surface area contributed by atoms with E-state index in [2.05, 4.69) is 4.98 Å². The van der Waals surface area contributed by atoms with Crippen molar-refractivity contribution < 1.29 is 9.18 Å². The first-order valence-corrected chi connectivity index (χ1v) is 7.00. The predicted molar refractivity (Wildman–Crippen MR) is 83.9 cm³/mol. The zero-order valence-corrected chi connectivity index (χ0v) is 12.9. The number of hydrogen-bond donors (Lipinski definition) is 1. The normalized spacial score (nSPS) is 12.5. The third-order valence-electron chi connectivity index (χ3n) is 3.91. The first-order valence-electron chi connectivity index (χ1n) is 7.00. The number of nitrogens with two attached hydrogens (primary N) is 1. The number of aryl methyl sites for hydroxylation is 1. The first-order chi connectivity index (χ1) is 11.3. The quantitative estimate of drug-likeness (QED) is 0.708. The average molecular weight is 331 g/mol. The molecule has 24 heavy (non-hydrogen) atoms. The van der Waals surface area contributed by atoms with Crippen LogP contribution in [-0.2, 0) is 18.9 Å². The van der Waals surface area contributed by atoms with Crippen molar-refractivity contribution in [3.8, 4) is 0 Å².